The molecule has 0 saturated heterocycles. The third kappa shape index (κ3) is 5.78. The SMILES string of the molecule is CCOC(C(=O)NC(C)(C)C)C(C)(C)C. The summed E-state index contributed by atoms with van der Waals surface area (Å²) >= 11 is 0. The maximum absolute atomic E-state index is 12.0. The first kappa shape index (κ1) is 14.4. The van der Waals surface area contributed by atoms with Crippen LogP contribution in [0, 0.1) is 5.41 Å². The summed E-state index contributed by atoms with van der Waals surface area (Å²) in [4.78, 5) is 12.0. The van der Waals surface area contributed by atoms with Gasteiger partial charge in [0.2, 0.25) is 5.91 Å². The Morgan fingerprint density at radius 1 is 1.20 bits per heavy atom. The van der Waals surface area contributed by atoms with Crippen molar-refractivity contribution in [2.45, 2.75) is 60.1 Å². The number of rotatable bonds is 3. The van der Waals surface area contributed by atoms with Crippen LogP contribution in [0.1, 0.15) is 48.5 Å². The molecule has 3 nitrogen and oxygen atoms in total. The van der Waals surface area contributed by atoms with Gasteiger partial charge in [0.05, 0.1) is 0 Å². The molecule has 3 heteroatoms. The normalized spacial score (nSPS) is 14.9. The van der Waals surface area contributed by atoms with E-state index in [0.29, 0.717) is 6.61 Å². The summed E-state index contributed by atoms with van der Waals surface area (Å²) in [5.41, 5.74) is -0.386. The number of hydrogen-bond donors (Lipinski definition) is 1. The van der Waals surface area contributed by atoms with Gasteiger partial charge in [0, 0.05) is 12.1 Å². The molecule has 1 amide bonds. The van der Waals surface area contributed by atoms with E-state index in [9.17, 15) is 4.79 Å². The first-order valence-corrected chi connectivity index (χ1v) is 5.51. The summed E-state index contributed by atoms with van der Waals surface area (Å²) in [6, 6.07) is 0. The zero-order valence-corrected chi connectivity index (χ0v) is 11.1. The minimum absolute atomic E-state index is 0.0307. The number of carbonyl (C=O) groups excluding carboxylic acids is 1. The van der Waals surface area contributed by atoms with Gasteiger partial charge in [-0.15, -0.1) is 0 Å². The molecule has 0 aromatic carbocycles. The van der Waals surface area contributed by atoms with Crippen LogP contribution >= 0.6 is 0 Å². The minimum atomic E-state index is -0.387. The molecule has 0 heterocycles. The lowest BCUT2D eigenvalue weighted by molar-refractivity contribution is -0.141. The molecule has 15 heavy (non-hydrogen) atoms. The number of amides is 1. The molecule has 0 spiro atoms. The average Bonchev–Trinajstić information content (AvgIpc) is 1.93. The second kappa shape index (κ2) is 4.97. The Morgan fingerprint density at radius 2 is 1.67 bits per heavy atom. The fraction of sp³-hybridized carbons (Fsp3) is 0.917. The molecule has 0 aromatic heterocycles. The van der Waals surface area contributed by atoms with Crippen molar-refractivity contribution in [3.63, 3.8) is 0 Å². The van der Waals surface area contributed by atoms with Crippen LogP contribution in [0.4, 0.5) is 0 Å². The van der Waals surface area contributed by atoms with Crippen LogP contribution in [0.25, 0.3) is 0 Å². The van der Waals surface area contributed by atoms with E-state index in [1.54, 1.807) is 0 Å². The molecular formula is C12H25NO2. The summed E-state index contributed by atoms with van der Waals surface area (Å²) in [6.07, 6.45) is -0.387. The van der Waals surface area contributed by atoms with Gasteiger partial charge in [0.25, 0.3) is 0 Å². The van der Waals surface area contributed by atoms with E-state index in [1.165, 1.54) is 0 Å². The van der Waals surface area contributed by atoms with E-state index in [1.807, 2.05) is 48.5 Å². The highest BCUT2D eigenvalue weighted by atomic mass is 16.5. The summed E-state index contributed by atoms with van der Waals surface area (Å²) in [5.74, 6) is -0.0307. The zero-order chi connectivity index (χ0) is 12.3. The number of ether oxygens (including phenoxy) is 1. The lowest BCUT2D eigenvalue weighted by Crippen LogP contribution is -2.50. The van der Waals surface area contributed by atoms with Crippen LogP contribution in [0.2, 0.25) is 0 Å². The smallest absolute Gasteiger partial charge is 0.250 e. The summed E-state index contributed by atoms with van der Waals surface area (Å²) in [7, 11) is 0. The van der Waals surface area contributed by atoms with Gasteiger partial charge in [-0.3, -0.25) is 4.79 Å². The van der Waals surface area contributed by atoms with E-state index in [-0.39, 0.29) is 23.0 Å². The van der Waals surface area contributed by atoms with E-state index in [2.05, 4.69) is 5.32 Å². The molecule has 0 fully saturated rings. The largest absolute Gasteiger partial charge is 0.368 e. The van der Waals surface area contributed by atoms with E-state index >= 15 is 0 Å². The molecule has 0 aliphatic rings. The van der Waals surface area contributed by atoms with Gasteiger partial charge in [0.1, 0.15) is 6.10 Å². The topological polar surface area (TPSA) is 38.3 Å². The van der Waals surface area contributed by atoms with Crippen molar-refractivity contribution in [3.8, 4) is 0 Å². The van der Waals surface area contributed by atoms with Crippen molar-refractivity contribution in [2.75, 3.05) is 6.61 Å². The standard InChI is InChI=1S/C12H25NO2/c1-8-15-9(11(2,3)4)10(14)13-12(5,6)7/h9H,8H2,1-7H3,(H,13,14). The Balaban J connectivity index is 4.58. The molecule has 1 atom stereocenters. The van der Waals surface area contributed by atoms with Gasteiger partial charge in [-0.25, -0.2) is 0 Å². The first-order valence-electron chi connectivity index (χ1n) is 5.51. The van der Waals surface area contributed by atoms with Crippen molar-refractivity contribution < 1.29 is 9.53 Å². The molecular weight excluding hydrogens is 190 g/mol. The maximum atomic E-state index is 12.0. The molecule has 0 radical (unpaired) electrons. The minimum Gasteiger partial charge on any atom is -0.368 e. The second-order valence-electron chi connectivity index (χ2n) is 5.94. The Kier molecular flexibility index (Phi) is 4.78. The molecule has 0 bridgehead atoms. The van der Waals surface area contributed by atoms with Gasteiger partial charge < -0.3 is 10.1 Å². The zero-order valence-electron chi connectivity index (χ0n) is 11.1. The first-order chi connectivity index (χ1) is 6.58. The third-order valence-corrected chi connectivity index (χ3v) is 1.86. The predicted octanol–water partition coefficient (Wildman–Crippen LogP) is 2.35. The number of hydrogen-bond acceptors (Lipinski definition) is 2. The highest BCUT2D eigenvalue weighted by molar-refractivity contribution is 5.82. The summed E-state index contributed by atoms with van der Waals surface area (Å²) < 4.78 is 5.50. The van der Waals surface area contributed by atoms with Crippen LogP contribution in [0.5, 0.6) is 0 Å². The van der Waals surface area contributed by atoms with E-state index in [0.717, 1.165) is 0 Å². The van der Waals surface area contributed by atoms with Crippen LogP contribution in [0.15, 0.2) is 0 Å². The monoisotopic (exact) mass is 215 g/mol. The molecule has 0 aliphatic heterocycles. The Bertz CT molecular complexity index is 211. The lowest BCUT2D eigenvalue weighted by atomic mass is 9.88. The second-order valence-corrected chi connectivity index (χ2v) is 5.94. The maximum Gasteiger partial charge on any atom is 0.250 e. The summed E-state index contributed by atoms with van der Waals surface area (Å²) in [5, 5.41) is 2.95. The average molecular weight is 215 g/mol. The molecule has 0 aromatic rings. The van der Waals surface area contributed by atoms with Crippen molar-refractivity contribution in [1.29, 1.82) is 0 Å². The van der Waals surface area contributed by atoms with Crippen molar-refractivity contribution in [2.24, 2.45) is 5.41 Å². The van der Waals surface area contributed by atoms with E-state index < -0.39 is 0 Å². The van der Waals surface area contributed by atoms with Gasteiger partial charge in [0.15, 0.2) is 0 Å². The molecule has 0 saturated carbocycles. The molecule has 0 aliphatic carbocycles. The molecule has 1 N–H and O–H groups in total. The van der Waals surface area contributed by atoms with Crippen LogP contribution in [-0.2, 0) is 9.53 Å². The number of nitrogens with one attached hydrogen (secondary N) is 1. The van der Waals surface area contributed by atoms with Gasteiger partial charge in [-0.1, -0.05) is 20.8 Å². The van der Waals surface area contributed by atoms with Gasteiger partial charge in [-0.05, 0) is 33.1 Å². The van der Waals surface area contributed by atoms with Crippen LogP contribution in [-0.4, -0.2) is 24.2 Å². The van der Waals surface area contributed by atoms with Crippen LogP contribution in [0.3, 0.4) is 0 Å². The Morgan fingerprint density at radius 3 is 1.93 bits per heavy atom. The number of carbonyl (C=O) groups is 1. The lowest BCUT2D eigenvalue weighted by Gasteiger charge is -2.32. The highest BCUT2D eigenvalue weighted by Crippen LogP contribution is 2.23. The Hall–Kier alpha value is -0.570. The van der Waals surface area contributed by atoms with Crippen molar-refractivity contribution >= 4 is 5.91 Å². The van der Waals surface area contributed by atoms with E-state index in [4.69, 9.17) is 4.74 Å². The quantitative estimate of drug-likeness (QED) is 0.785. The molecule has 0 rings (SSSR count). The van der Waals surface area contributed by atoms with Crippen molar-refractivity contribution in [1.82, 2.24) is 5.32 Å². The van der Waals surface area contributed by atoms with Gasteiger partial charge in [-0.2, -0.15) is 0 Å². The fourth-order valence-corrected chi connectivity index (χ4v) is 1.32. The highest BCUT2D eigenvalue weighted by Gasteiger charge is 2.33. The fourth-order valence-electron chi connectivity index (χ4n) is 1.32. The predicted molar refractivity (Wildman–Crippen MR) is 62.8 cm³/mol. The molecule has 1 unspecified atom stereocenters. The van der Waals surface area contributed by atoms with Gasteiger partial charge >= 0.3 is 0 Å². The van der Waals surface area contributed by atoms with Crippen molar-refractivity contribution in [3.05, 3.63) is 0 Å². The summed E-state index contributed by atoms with van der Waals surface area (Å²) in [6.45, 7) is 14.4. The molecule has 90 valence electrons. The third-order valence-electron chi connectivity index (χ3n) is 1.86. The van der Waals surface area contributed by atoms with Crippen LogP contribution < -0.4 is 5.32 Å². The Labute approximate surface area is 93.6 Å².